The molecule has 0 unspecified atom stereocenters. The van der Waals surface area contributed by atoms with E-state index in [0.717, 1.165) is 5.56 Å². The number of rotatable bonds is 4. The van der Waals surface area contributed by atoms with E-state index >= 15 is 0 Å². The number of amides is 4. The van der Waals surface area contributed by atoms with Crippen LogP contribution in [0.4, 0.5) is 15.3 Å². The number of carbonyl (C=O) groups excluding carboxylic acids is 2. The number of nitrogens with one attached hydrogen (secondary N) is 3. The van der Waals surface area contributed by atoms with Crippen molar-refractivity contribution in [3.63, 3.8) is 0 Å². The monoisotopic (exact) mass is 264 g/mol. The summed E-state index contributed by atoms with van der Waals surface area (Å²) in [7, 11) is 0. The van der Waals surface area contributed by atoms with Crippen molar-refractivity contribution in [2.75, 3.05) is 5.32 Å². The molecule has 0 fully saturated rings. The van der Waals surface area contributed by atoms with Crippen LogP contribution in [-0.4, -0.2) is 18.1 Å². The molecule has 104 valence electrons. The Labute approximate surface area is 112 Å². The fraction of sp³-hybridized carbons (Fsp3) is 0.385. The molecule has 1 aromatic carbocycles. The highest BCUT2D eigenvalue weighted by Gasteiger charge is 2.10. The third kappa shape index (κ3) is 5.29. The van der Waals surface area contributed by atoms with Gasteiger partial charge >= 0.3 is 12.1 Å². The Hall–Kier alpha value is -2.24. The normalized spacial score (nSPS) is 11.8. The van der Waals surface area contributed by atoms with E-state index in [1.807, 2.05) is 32.9 Å². The second kappa shape index (κ2) is 6.63. The molecule has 0 spiro atoms. The summed E-state index contributed by atoms with van der Waals surface area (Å²) in [6.07, 6.45) is 0. The Morgan fingerprint density at radius 3 is 2.11 bits per heavy atom. The minimum Gasteiger partial charge on any atom is -0.351 e. The van der Waals surface area contributed by atoms with Crippen molar-refractivity contribution in [1.29, 1.82) is 0 Å². The van der Waals surface area contributed by atoms with E-state index in [4.69, 9.17) is 5.73 Å². The zero-order chi connectivity index (χ0) is 14.4. The van der Waals surface area contributed by atoms with Gasteiger partial charge in [-0.15, -0.1) is 0 Å². The Bertz CT molecular complexity index is 442. The van der Waals surface area contributed by atoms with Crippen molar-refractivity contribution in [2.24, 2.45) is 5.73 Å². The maximum atomic E-state index is 11.6. The Morgan fingerprint density at radius 1 is 1.05 bits per heavy atom. The highest BCUT2D eigenvalue weighted by molar-refractivity contribution is 5.87. The van der Waals surface area contributed by atoms with Crippen LogP contribution in [0.5, 0.6) is 0 Å². The maximum absolute atomic E-state index is 11.6. The van der Waals surface area contributed by atoms with Gasteiger partial charge in [-0.3, -0.25) is 0 Å². The molecule has 0 aliphatic heterocycles. The second-order valence-electron chi connectivity index (χ2n) is 4.61. The number of primary amides is 1. The zero-order valence-electron chi connectivity index (χ0n) is 11.4. The Kier molecular flexibility index (Phi) is 5.17. The highest BCUT2D eigenvalue weighted by atomic mass is 16.2. The lowest BCUT2D eigenvalue weighted by atomic mass is 10.1. The first kappa shape index (κ1) is 14.8. The first-order chi connectivity index (χ1) is 8.88. The van der Waals surface area contributed by atoms with Gasteiger partial charge in [0.1, 0.15) is 0 Å². The van der Waals surface area contributed by atoms with Crippen LogP contribution in [0.1, 0.15) is 32.4 Å². The molecule has 0 aliphatic rings. The summed E-state index contributed by atoms with van der Waals surface area (Å²) in [5, 5.41) is 8.06. The largest absolute Gasteiger partial charge is 0.351 e. The summed E-state index contributed by atoms with van der Waals surface area (Å²) in [6, 6.07) is 6.28. The highest BCUT2D eigenvalue weighted by Crippen LogP contribution is 2.15. The summed E-state index contributed by atoms with van der Waals surface area (Å²) < 4.78 is 0. The van der Waals surface area contributed by atoms with E-state index < -0.39 is 6.03 Å². The average molecular weight is 264 g/mol. The third-order valence-corrected chi connectivity index (χ3v) is 2.45. The molecule has 0 radical (unpaired) electrons. The number of hydrogen-bond acceptors (Lipinski definition) is 2. The van der Waals surface area contributed by atoms with Crippen molar-refractivity contribution >= 4 is 17.7 Å². The van der Waals surface area contributed by atoms with Gasteiger partial charge in [0.2, 0.25) is 0 Å². The Balaban J connectivity index is 2.60. The third-order valence-electron chi connectivity index (χ3n) is 2.45. The first-order valence-electron chi connectivity index (χ1n) is 6.12. The molecule has 5 N–H and O–H groups in total. The molecular formula is C13H20N4O2. The lowest BCUT2D eigenvalue weighted by Gasteiger charge is -2.16. The smallest absolute Gasteiger partial charge is 0.316 e. The number of hydrogen-bond donors (Lipinski definition) is 4. The van der Waals surface area contributed by atoms with E-state index in [-0.39, 0.29) is 18.1 Å². The fourth-order valence-electron chi connectivity index (χ4n) is 1.58. The van der Waals surface area contributed by atoms with Crippen LogP contribution in [0.3, 0.4) is 0 Å². The van der Waals surface area contributed by atoms with Crippen molar-refractivity contribution in [1.82, 2.24) is 10.6 Å². The molecule has 0 bridgehead atoms. The lowest BCUT2D eigenvalue weighted by molar-refractivity contribution is 0.235. The number of carbonyl (C=O) groups is 2. The Morgan fingerprint density at radius 2 is 1.63 bits per heavy atom. The van der Waals surface area contributed by atoms with Gasteiger partial charge in [-0.25, -0.2) is 9.59 Å². The molecule has 1 atom stereocenters. The summed E-state index contributed by atoms with van der Waals surface area (Å²) in [5.41, 5.74) is 6.58. The van der Waals surface area contributed by atoms with E-state index in [1.165, 1.54) is 0 Å². The molecule has 6 heteroatoms. The quantitative estimate of drug-likeness (QED) is 0.668. The van der Waals surface area contributed by atoms with E-state index in [0.29, 0.717) is 5.69 Å². The molecule has 0 heterocycles. The van der Waals surface area contributed by atoms with Crippen LogP contribution in [0.15, 0.2) is 24.3 Å². The van der Waals surface area contributed by atoms with Gasteiger partial charge < -0.3 is 21.7 Å². The molecule has 0 aliphatic carbocycles. The number of nitrogens with two attached hydrogens (primary N) is 1. The van der Waals surface area contributed by atoms with E-state index in [9.17, 15) is 9.59 Å². The minimum absolute atomic E-state index is 0.0920. The van der Waals surface area contributed by atoms with Gasteiger partial charge in [0.05, 0.1) is 6.04 Å². The molecule has 1 aromatic rings. The first-order valence-corrected chi connectivity index (χ1v) is 6.12. The van der Waals surface area contributed by atoms with Gasteiger partial charge in [0, 0.05) is 11.7 Å². The summed E-state index contributed by atoms with van der Waals surface area (Å²) in [4.78, 5) is 22.2. The molecule has 6 nitrogen and oxygen atoms in total. The summed E-state index contributed by atoms with van der Waals surface area (Å²) in [6.45, 7) is 5.68. The van der Waals surface area contributed by atoms with Gasteiger partial charge in [0.25, 0.3) is 0 Å². The average Bonchev–Trinajstić information content (AvgIpc) is 2.27. The van der Waals surface area contributed by atoms with Gasteiger partial charge in [-0.1, -0.05) is 12.1 Å². The van der Waals surface area contributed by atoms with Crippen LogP contribution < -0.4 is 21.7 Å². The predicted molar refractivity (Wildman–Crippen MR) is 74.9 cm³/mol. The maximum Gasteiger partial charge on any atom is 0.316 e. The van der Waals surface area contributed by atoms with Crippen molar-refractivity contribution in [3.05, 3.63) is 29.8 Å². The van der Waals surface area contributed by atoms with Gasteiger partial charge in [-0.2, -0.15) is 0 Å². The SMILES string of the molecule is CC(C)NC(=O)N[C@@H](C)c1ccc(NC(N)=O)cc1. The van der Waals surface area contributed by atoms with Crippen molar-refractivity contribution in [2.45, 2.75) is 32.9 Å². The van der Waals surface area contributed by atoms with Crippen LogP contribution in [-0.2, 0) is 0 Å². The van der Waals surface area contributed by atoms with E-state index in [1.54, 1.807) is 12.1 Å². The van der Waals surface area contributed by atoms with Crippen LogP contribution in [0.25, 0.3) is 0 Å². The number of anilines is 1. The molecule has 4 amide bonds. The standard InChI is InChI=1S/C13H20N4O2/c1-8(2)15-13(19)16-9(3)10-4-6-11(7-5-10)17-12(14)18/h4-9H,1-3H3,(H3,14,17,18)(H2,15,16,19)/t9-/m0/s1. The van der Waals surface area contributed by atoms with Crippen LogP contribution >= 0.6 is 0 Å². The summed E-state index contributed by atoms with van der Waals surface area (Å²) in [5.74, 6) is 0. The number of benzene rings is 1. The van der Waals surface area contributed by atoms with Crippen molar-refractivity contribution in [3.8, 4) is 0 Å². The summed E-state index contributed by atoms with van der Waals surface area (Å²) >= 11 is 0. The van der Waals surface area contributed by atoms with Crippen molar-refractivity contribution < 1.29 is 9.59 Å². The molecule has 0 aromatic heterocycles. The fourth-order valence-corrected chi connectivity index (χ4v) is 1.58. The topological polar surface area (TPSA) is 96.2 Å². The van der Waals surface area contributed by atoms with Crippen LogP contribution in [0.2, 0.25) is 0 Å². The minimum atomic E-state index is -0.602. The molecule has 0 saturated heterocycles. The van der Waals surface area contributed by atoms with Gasteiger partial charge in [-0.05, 0) is 38.5 Å². The molecular weight excluding hydrogens is 244 g/mol. The zero-order valence-corrected chi connectivity index (χ0v) is 11.4. The molecule has 0 saturated carbocycles. The lowest BCUT2D eigenvalue weighted by Crippen LogP contribution is -2.40. The van der Waals surface area contributed by atoms with Gasteiger partial charge in [0.15, 0.2) is 0 Å². The number of urea groups is 2. The van der Waals surface area contributed by atoms with E-state index in [2.05, 4.69) is 16.0 Å². The predicted octanol–water partition coefficient (Wildman–Crippen LogP) is 1.95. The molecule has 19 heavy (non-hydrogen) atoms. The molecule has 1 rings (SSSR count). The second-order valence-corrected chi connectivity index (χ2v) is 4.61. The van der Waals surface area contributed by atoms with Crippen LogP contribution in [0, 0.1) is 0 Å².